The molecule has 1 aliphatic carbocycles. The fraction of sp³-hybridized carbons (Fsp3) is 0.333. The maximum absolute atomic E-state index is 8.36. The van der Waals surface area contributed by atoms with Crippen molar-refractivity contribution >= 4 is 15.9 Å². The maximum atomic E-state index is 8.36. The van der Waals surface area contributed by atoms with Crippen LogP contribution in [0.2, 0.25) is 0 Å². The van der Waals surface area contributed by atoms with Crippen LogP contribution in [0.5, 0.6) is 0 Å². The predicted octanol–water partition coefficient (Wildman–Crippen LogP) is 3.36. The molecule has 1 aliphatic rings. The SMILES string of the molecule is [N-]=[N+]=N[C@H]1Cc2ccccc2[C@H]1Br. The van der Waals surface area contributed by atoms with Gasteiger partial charge in [0.1, 0.15) is 0 Å². The fourth-order valence-corrected chi connectivity index (χ4v) is 2.43. The Bertz CT molecular complexity index is 371. The molecule has 0 radical (unpaired) electrons. The highest BCUT2D eigenvalue weighted by Gasteiger charge is 2.28. The molecule has 2 atom stereocenters. The van der Waals surface area contributed by atoms with E-state index in [0.29, 0.717) is 0 Å². The Morgan fingerprint density at radius 2 is 2.23 bits per heavy atom. The molecule has 13 heavy (non-hydrogen) atoms. The summed E-state index contributed by atoms with van der Waals surface area (Å²) in [4.78, 5) is 3.03. The van der Waals surface area contributed by atoms with E-state index in [9.17, 15) is 0 Å². The van der Waals surface area contributed by atoms with Crippen LogP contribution in [-0.4, -0.2) is 6.04 Å². The molecule has 0 amide bonds. The van der Waals surface area contributed by atoms with Gasteiger partial charge < -0.3 is 0 Å². The molecule has 0 aliphatic heterocycles. The zero-order valence-corrected chi connectivity index (χ0v) is 8.48. The molecule has 0 N–H and O–H groups in total. The van der Waals surface area contributed by atoms with Gasteiger partial charge >= 0.3 is 0 Å². The third-order valence-electron chi connectivity index (χ3n) is 2.32. The summed E-state index contributed by atoms with van der Waals surface area (Å²) in [7, 11) is 0. The summed E-state index contributed by atoms with van der Waals surface area (Å²) in [6, 6.07) is 8.20. The normalized spacial score (nSPS) is 25.0. The number of fused-ring (bicyclic) bond motifs is 1. The molecule has 0 spiro atoms. The van der Waals surface area contributed by atoms with Crippen molar-refractivity contribution in [3.63, 3.8) is 0 Å². The number of hydrogen-bond acceptors (Lipinski definition) is 1. The van der Waals surface area contributed by atoms with Gasteiger partial charge in [0.05, 0.1) is 6.04 Å². The lowest BCUT2D eigenvalue weighted by Gasteiger charge is -2.06. The molecule has 4 heteroatoms. The van der Waals surface area contributed by atoms with Gasteiger partial charge in [-0.05, 0) is 23.1 Å². The van der Waals surface area contributed by atoms with Crippen molar-refractivity contribution in [3.05, 3.63) is 45.8 Å². The molecule has 0 bridgehead atoms. The Morgan fingerprint density at radius 3 is 2.92 bits per heavy atom. The largest absolute Gasteiger partial charge is 0.0888 e. The first-order valence-corrected chi connectivity index (χ1v) is 5.00. The monoisotopic (exact) mass is 237 g/mol. The van der Waals surface area contributed by atoms with Crippen molar-refractivity contribution in [3.8, 4) is 0 Å². The van der Waals surface area contributed by atoms with Crippen LogP contribution in [0.3, 0.4) is 0 Å². The summed E-state index contributed by atoms with van der Waals surface area (Å²) in [6.07, 6.45) is 0.843. The van der Waals surface area contributed by atoms with Crippen LogP contribution in [-0.2, 0) is 6.42 Å². The number of halogens is 1. The molecule has 3 nitrogen and oxygen atoms in total. The Labute approximate surface area is 84.5 Å². The van der Waals surface area contributed by atoms with E-state index in [1.54, 1.807) is 0 Å². The first kappa shape index (κ1) is 8.60. The van der Waals surface area contributed by atoms with Crippen molar-refractivity contribution < 1.29 is 0 Å². The molecular formula is C9H8BrN3. The molecular weight excluding hydrogens is 230 g/mol. The number of rotatable bonds is 1. The van der Waals surface area contributed by atoms with Gasteiger partial charge in [-0.25, -0.2) is 0 Å². The van der Waals surface area contributed by atoms with Crippen LogP contribution >= 0.6 is 15.9 Å². The summed E-state index contributed by atoms with van der Waals surface area (Å²) in [6.45, 7) is 0. The van der Waals surface area contributed by atoms with Crippen LogP contribution in [0.1, 0.15) is 16.0 Å². The van der Waals surface area contributed by atoms with Crippen molar-refractivity contribution in [1.82, 2.24) is 0 Å². The second-order valence-corrected chi connectivity index (χ2v) is 4.06. The molecule has 0 heterocycles. The van der Waals surface area contributed by atoms with Gasteiger partial charge in [-0.15, -0.1) is 0 Å². The summed E-state index contributed by atoms with van der Waals surface area (Å²) in [5.41, 5.74) is 10.9. The van der Waals surface area contributed by atoms with Crippen molar-refractivity contribution in [2.24, 2.45) is 5.11 Å². The quantitative estimate of drug-likeness (QED) is 0.312. The standard InChI is InChI=1S/C9H8BrN3/c10-9-7-4-2-1-3-6(7)5-8(9)12-13-11/h1-4,8-9H,5H2/t8-,9+/m0/s1. The minimum absolute atomic E-state index is 0.0300. The van der Waals surface area contributed by atoms with Gasteiger partial charge in [0.2, 0.25) is 0 Å². The molecule has 66 valence electrons. The number of benzene rings is 1. The summed E-state index contributed by atoms with van der Waals surface area (Å²) in [5.74, 6) is 0. The fourth-order valence-electron chi connectivity index (χ4n) is 1.69. The Morgan fingerprint density at radius 1 is 1.46 bits per heavy atom. The molecule has 2 rings (SSSR count). The molecule has 0 unspecified atom stereocenters. The van der Waals surface area contributed by atoms with Crippen molar-refractivity contribution in [2.75, 3.05) is 0 Å². The Hall–Kier alpha value is -0.990. The Kier molecular flexibility index (Phi) is 2.25. The van der Waals surface area contributed by atoms with E-state index in [1.807, 2.05) is 12.1 Å². The molecule has 0 saturated carbocycles. The average Bonchev–Trinajstić information content (AvgIpc) is 2.46. The minimum atomic E-state index is 0.0300. The van der Waals surface area contributed by atoms with E-state index in [4.69, 9.17) is 5.53 Å². The summed E-state index contributed by atoms with van der Waals surface area (Å²) < 4.78 is 0. The molecule has 0 aromatic heterocycles. The lowest BCUT2D eigenvalue weighted by molar-refractivity contribution is 0.709. The highest BCUT2D eigenvalue weighted by atomic mass is 79.9. The van der Waals surface area contributed by atoms with Gasteiger partial charge in [0.25, 0.3) is 0 Å². The van der Waals surface area contributed by atoms with Crippen LogP contribution in [0.15, 0.2) is 29.4 Å². The smallest absolute Gasteiger partial charge is 0.0580 e. The molecule has 0 saturated heterocycles. The maximum Gasteiger partial charge on any atom is 0.0580 e. The third kappa shape index (κ3) is 1.43. The van der Waals surface area contributed by atoms with Crippen LogP contribution < -0.4 is 0 Å². The van der Waals surface area contributed by atoms with E-state index >= 15 is 0 Å². The summed E-state index contributed by atoms with van der Waals surface area (Å²) in [5, 5.41) is 3.75. The van der Waals surface area contributed by atoms with Gasteiger partial charge in [-0.1, -0.05) is 45.3 Å². The number of hydrogen-bond donors (Lipinski definition) is 0. The van der Waals surface area contributed by atoms with E-state index < -0.39 is 0 Å². The second kappa shape index (κ2) is 3.40. The van der Waals surface area contributed by atoms with Crippen LogP contribution in [0.25, 0.3) is 10.4 Å². The lowest BCUT2D eigenvalue weighted by Crippen LogP contribution is -2.03. The molecule has 1 aromatic rings. The van der Waals surface area contributed by atoms with Crippen molar-refractivity contribution in [1.29, 1.82) is 0 Å². The zero-order chi connectivity index (χ0) is 9.26. The highest BCUT2D eigenvalue weighted by molar-refractivity contribution is 9.09. The van der Waals surface area contributed by atoms with Gasteiger partial charge in [-0.2, -0.15) is 0 Å². The molecule has 1 aromatic carbocycles. The van der Waals surface area contributed by atoms with Gasteiger partial charge in [0, 0.05) is 9.74 Å². The second-order valence-electron chi connectivity index (χ2n) is 3.08. The number of nitrogens with zero attached hydrogens (tertiary/aromatic N) is 3. The lowest BCUT2D eigenvalue weighted by atomic mass is 10.1. The highest BCUT2D eigenvalue weighted by Crippen LogP contribution is 2.39. The molecule has 0 fully saturated rings. The zero-order valence-electron chi connectivity index (χ0n) is 6.89. The third-order valence-corrected chi connectivity index (χ3v) is 3.42. The minimum Gasteiger partial charge on any atom is -0.0888 e. The average molecular weight is 238 g/mol. The first-order chi connectivity index (χ1) is 6.33. The Balaban J connectivity index is 2.37. The topological polar surface area (TPSA) is 48.8 Å². The van der Waals surface area contributed by atoms with Gasteiger partial charge in [0.15, 0.2) is 0 Å². The van der Waals surface area contributed by atoms with Crippen LogP contribution in [0.4, 0.5) is 0 Å². The summed E-state index contributed by atoms with van der Waals surface area (Å²) >= 11 is 3.54. The predicted molar refractivity (Wildman–Crippen MR) is 54.7 cm³/mol. The van der Waals surface area contributed by atoms with Gasteiger partial charge in [-0.3, -0.25) is 0 Å². The van der Waals surface area contributed by atoms with Crippen molar-refractivity contribution in [2.45, 2.75) is 17.3 Å². The van der Waals surface area contributed by atoms with E-state index in [1.165, 1.54) is 11.1 Å². The number of alkyl halides is 1. The van der Waals surface area contributed by atoms with Crippen LogP contribution in [0, 0.1) is 0 Å². The first-order valence-electron chi connectivity index (χ1n) is 4.09. The number of azide groups is 1. The van der Waals surface area contributed by atoms with E-state index in [2.05, 4.69) is 38.1 Å². The van der Waals surface area contributed by atoms with E-state index in [-0.39, 0.29) is 10.9 Å². The van der Waals surface area contributed by atoms with E-state index in [0.717, 1.165) is 6.42 Å².